The van der Waals surface area contributed by atoms with Crippen LogP contribution >= 0.6 is 0 Å². The Morgan fingerprint density at radius 2 is 0.803 bits per heavy atom. The highest BCUT2D eigenvalue weighted by molar-refractivity contribution is 7.86. The van der Waals surface area contributed by atoms with Crippen LogP contribution in [0.4, 0.5) is 114 Å². The van der Waals surface area contributed by atoms with Gasteiger partial charge in [-0.3, -0.25) is 0 Å². The number of hydrogen-bond acceptors (Lipinski definition) is 7. The fourth-order valence-corrected chi connectivity index (χ4v) is 4.60. The molecule has 0 aromatic heterocycles. The molecule has 0 N–H and O–H groups in total. The normalized spacial score (nSPS) is 15.4. The van der Waals surface area contributed by atoms with Crippen LogP contribution in [0.5, 0.6) is 0 Å². The standard InChI is InChI=1S/C27H16F26O7S/c1-11-2-4-12(5-3-11)61(56,57)60-13(15(55)59-9-7-17(30,31)19(34,35)21(38,39)23(42,43)25(46,47)27(51,52)53)10-14(54)58-8-6-16(28,29)18(32,33)20(36,37)22(40,41)24(44,45)26(48,49)50/h2-5,10H,6-9H2,1H3/b13-10-. The highest BCUT2D eigenvalue weighted by atomic mass is 32.2. The van der Waals surface area contributed by atoms with Gasteiger partial charge in [0.1, 0.15) is 4.90 Å². The third-order valence-corrected chi connectivity index (χ3v) is 8.51. The number of benzene rings is 1. The highest BCUT2D eigenvalue weighted by Gasteiger charge is 2.92. The number of ether oxygens (including phenoxy) is 2. The summed E-state index contributed by atoms with van der Waals surface area (Å²) in [5.74, 6) is -87.3. The van der Waals surface area contributed by atoms with Gasteiger partial charge in [-0.1, -0.05) is 17.7 Å². The van der Waals surface area contributed by atoms with Crippen molar-refractivity contribution >= 4 is 22.1 Å². The fraction of sp³-hybridized carbons (Fsp3) is 0.630. The molecule has 0 atom stereocenters. The lowest BCUT2D eigenvalue weighted by molar-refractivity contribution is -0.440. The maximum Gasteiger partial charge on any atom is 0.460 e. The average molecular weight is 978 g/mol. The SMILES string of the molecule is Cc1ccc(S(=O)(=O)O/C(=C\C(=O)OCCC(F)(F)C(F)(F)C(F)(F)C(F)(F)C(F)(F)C(F)(F)F)C(=O)OCCC(F)(F)C(F)(F)C(F)(F)C(F)(F)C(F)(F)C(F)(F)F)cc1. The molecule has 0 saturated carbocycles. The summed E-state index contributed by atoms with van der Waals surface area (Å²) in [6, 6.07) is 3.02. The van der Waals surface area contributed by atoms with Gasteiger partial charge in [0, 0.05) is 0 Å². The van der Waals surface area contributed by atoms with Crippen molar-refractivity contribution in [3.63, 3.8) is 0 Å². The van der Waals surface area contributed by atoms with Crippen LogP contribution in [-0.4, -0.2) is 105 Å². The third-order valence-electron chi connectivity index (χ3n) is 7.27. The predicted molar refractivity (Wildman–Crippen MR) is 140 cm³/mol. The van der Waals surface area contributed by atoms with E-state index in [2.05, 4.69) is 13.7 Å². The molecule has 1 aromatic rings. The van der Waals surface area contributed by atoms with E-state index < -0.39 is 136 Å². The molecule has 0 fully saturated rings. The lowest BCUT2D eigenvalue weighted by Gasteiger charge is -2.39. The summed E-state index contributed by atoms with van der Waals surface area (Å²) in [4.78, 5) is 23.3. The molecule has 0 bridgehead atoms. The Labute approximate surface area is 319 Å². The molecule has 0 heterocycles. The van der Waals surface area contributed by atoms with Gasteiger partial charge in [-0.25, -0.2) is 9.59 Å². The van der Waals surface area contributed by atoms with Gasteiger partial charge in [0.25, 0.3) is 0 Å². The number of rotatable bonds is 19. The molecule has 0 amide bonds. The largest absolute Gasteiger partial charge is 0.462 e. The minimum atomic E-state index is -8.37. The zero-order valence-electron chi connectivity index (χ0n) is 28.3. The number of halogens is 26. The van der Waals surface area contributed by atoms with Gasteiger partial charge < -0.3 is 13.7 Å². The van der Waals surface area contributed by atoms with Crippen molar-refractivity contribution in [2.75, 3.05) is 13.2 Å². The Morgan fingerprint density at radius 1 is 0.492 bits per heavy atom. The average Bonchev–Trinajstić information content (AvgIpc) is 3.06. The predicted octanol–water partition coefficient (Wildman–Crippen LogP) is 9.93. The molecule has 1 aromatic carbocycles. The number of aryl methyl sites for hydroxylation is 1. The second kappa shape index (κ2) is 16.5. The van der Waals surface area contributed by atoms with Crippen molar-refractivity contribution in [3.05, 3.63) is 41.7 Å². The lowest BCUT2D eigenvalue weighted by atomic mass is 9.93. The second-order valence-corrected chi connectivity index (χ2v) is 13.2. The molecular weight excluding hydrogens is 962 g/mol. The first-order valence-electron chi connectivity index (χ1n) is 14.6. The Hall–Kier alpha value is -4.17. The van der Waals surface area contributed by atoms with Crippen LogP contribution in [0, 0.1) is 6.92 Å². The third kappa shape index (κ3) is 9.75. The van der Waals surface area contributed by atoms with Crippen molar-refractivity contribution in [2.24, 2.45) is 0 Å². The summed E-state index contributed by atoms with van der Waals surface area (Å²) in [7, 11) is -5.63. The second-order valence-electron chi connectivity index (χ2n) is 11.7. The molecule has 7 nitrogen and oxygen atoms in total. The summed E-state index contributed by atoms with van der Waals surface area (Å²) in [5, 5.41) is 0. The molecule has 0 spiro atoms. The Kier molecular flexibility index (Phi) is 14.8. The highest BCUT2D eigenvalue weighted by Crippen LogP contribution is 2.62. The van der Waals surface area contributed by atoms with E-state index in [1.807, 2.05) is 0 Å². The topological polar surface area (TPSA) is 96.0 Å². The molecule has 1 rings (SSSR count). The van der Waals surface area contributed by atoms with Crippen LogP contribution in [0.15, 0.2) is 41.0 Å². The van der Waals surface area contributed by atoms with Crippen LogP contribution in [0.25, 0.3) is 0 Å². The summed E-state index contributed by atoms with van der Waals surface area (Å²) in [6.45, 7) is -3.99. The summed E-state index contributed by atoms with van der Waals surface area (Å²) in [6.07, 6.45) is -23.0. The first-order valence-corrected chi connectivity index (χ1v) is 16.0. The van der Waals surface area contributed by atoms with Gasteiger partial charge in [0.2, 0.25) is 5.76 Å². The first-order chi connectivity index (χ1) is 26.6. The molecule has 0 unspecified atom stereocenters. The quantitative estimate of drug-likeness (QED) is 0.0448. The van der Waals surface area contributed by atoms with E-state index in [0.29, 0.717) is 12.1 Å². The minimum absolute atomic E-state index is 0.235. The number of carbonyl (C=O) groups is 2. The van der Waals surface area contributed by atoms with Gasteiger partial charge >= 0.3 is 93.6 Å². The summed E-state index contributed by atoms with van der Waals surface area (Å²) >= 11 is 0. The van der Waals surface area contributed by atoms with Gasteiger partial charge in [-0.2, -0.15) is 123 Å². The number of alkyl halides is 26. The monoisotopic (exact) mass is 978 g/mol. The maximum absolute atomic E-state index is 14.1. The molecule has 0 aliphatic carbocycles. The maximum atomic E-state index is 14.1. The number of hydrogen-bond donors (Lipinski definition) is 0. The van der Waals surface area contributed by atoms with Gasteiger partial charge in [-0.05, 0) is 19.1 Å². The van der Waals surface area contributed by atoms with Crippen molar-refractivity contribution in [2.45, 2.75) is 96.2 Å². The Morgan fingerprint density at radius 3 is 1.13 bits per heavy atom. The summed E-state index contributed by atoms with van der Waals surface area (Å²) in [5.41, 5.74) is 0.235. The van der Waals surface area contributed by atoms with E-state index in [1.54, 1.807) is 0 Å². The molecule has 0 aliphatic rings. The van der Waals surface area contributed by atoms with Gasteiger partial charge in [0.05, 0.1) is 32.1 Å². The van der Waals surface area contributed by atoms with Crippen LogP contribution in [0.1, 0.15) is 18.4 Å². The van der Waals surface area contributed by atoms with Crippen molar-refractivity contribution in [3.8, 4) is 0 Å². The molecule has 61 heavy (non-hydrogen) atoms. The van der Waals surface area contributed by atoms with Crippen molar-refractivity contribution in [1.82, 2.24) is 0 Å². The minimum Gasteiger partial charge on any atom is -0.462 e. The van der Waals surface area contributed by atoms with E-state index in [0.717, 1.165) is 12.1 Å². The zero-order valence-corrected chi connectivity index (χ0v) is 29.1. The molecular formula is C27H16F26O7S. The molecule has 0 saturated heterocycles. The fourth-order valence-electron chi connectivity index (χ4n) is 3.68. The molecule has 354 valence electrons. The van der Waals surface area contributed by atoms with Crippen LogP contribution in [0.3, 0.4) is 0 Å². The Balaban J connectivity index is 3.47. The van der Waals surface area contributed by atoms with Crippen LogP contribution < -0.4 is 0 Å². The van der Waals surface area contributed by atoms with Crippen LogP contribution in [-0.2, 0) is 33.4 Å². The Bertz CT molecular complexity index is 1880. The molecule has 0 aliphatic heterocycles. The number of esters is 2. The van der Waals surface area contributed by atoms with E-state index in [-0.39, 0.29) is 5.56 Å². The lowest BCUT2D eigenvalue weighted by Crippen LogP contribution is -2.70. The van der Waals surface area contributed by atoms with Crippen molar-refractivity contribution in [1.29, 1.82) is 0 Å². The van der Waals surface area contributed by atoms with E-state index in [9.17, 15) is 132 Å². The van der Waals surface area contributed by atoms with E-state index in [4.69, 9.17) is 0 Å². The first kappa shape index (κ1) is 54.8. The van der Waals surface area contributed by atoms with Gasteiger partial charge in [-0.15, -0.1) is 0 Å². The molecule has 34 heteroatoms. The molecule has 0 radical (unpaired) electrons. The van der Waals surface area contributed by atoms with Gasteiger partial charge in [0.15, 0.2) is 0 Å². The van der Waals surface area contributed by atoms with E-state index >= 15 is 0 Å². The number of carbonyl (C=O) groups excluding carboxylic acids is 2. The van der Waals surface area contributed by atoms with Crippen molar-refractivity contribution < 1.29 is 146 Å². The zero-order chi connectivity index (χ0) is 48.9. The van der Waals surface area contributed by atoms with E-state index in [1.165, 1.54) is 6.92 Å². The smallest absolute Gasteiger partial charge is 0.460 e. The summed E-state index contributed by atoms with van der Waals surface area (Å²) < 4.78 is 382. The van der Waals surface area contributed by atoms with Crippen LogP contribution in [0.2, 0.25) is 0 Å².